The molecule has 0 radical (unpaired) electrons. The molecule has 1 aromatic rings. The number of carbonyl (C=O) groups excluding carboxylic acids is 1. The van der Waals surface area contributed by atoms with Crippen LogP contribution in [0.2, 0.25) is 0 Å². The molecule has 66 valence electrons. The van der Waals surface area contributed by atoms with Crippen LogP contribution in [0, 0.1) is 6.92 Å². The van der Waals surface area contributed by atoms with E-state index in [1.165, 1.54) is 0 Å². The lowest BCUT2D eigenvalue weighted by Gasteiger charge is -2.23. The molecule has 1 aromatic heterocycles. The first-order valence-electron chi connectivity index (χ1n) is 4.01. The molecule has 0 saturated heterocycles. The predicted molar refractivity (Wildman–Crippen MR) is 47.0 cm³/mol. The third kappa shape index (κ3) is 1.72. The molecule has 0 aromatic carbocycles. The highest BCUT2D eigenvalue weighted by Crippen LogP contribution is 2.18. The fraction of sp³-hybridized carbons (Fsp3) is 0.556. The van der Waals surface area contributed by atoms with Gasteiger partial charge >= 0.3 is 0 Å². The first kappa shape index (κ1) is 8.97. The van der Waals surface area contributed by atoms with Crippen LogP contribution in [0.5, 0.6) is 0 Å². The van der Waals surface area contributed by atoms with Gasteiger partial charge in [-0.2, -0.15) is 0 Å². The highest BCUT2D eigenvalue weighted by atomic mass is 16.1. The summed E-state index contributed by atoms with van der Waals surface area (Å²) in [5.41, 5.74) is 0.831. The van der Waals surface area contributed by atoms with Crippen molar-refractivity contribution in [3.63, 3.8) is 0 Å². The normalized spacial score (nSPS) is 11.6. The fourth-order valence-electron chi connectivity index (χ4n) is 1.06. The van der Waals surface area contributed by atoms with Crippen molar-refractivity contribution in [2.75, 3.05) is 0 Å². The minimum absolute atomic E-state index is 0.150. The molecular weight excluding hydrogens is 152 g/mol. The van der Waals surface area contributed by atoms with E-state index in [9.17, 15) is 4.79 Å². The second-order valence-electron chi connectivity index (χ2n) is 3.61. The maximum absolute atomic E-state index is 10.4. The van der Waals surface area contributed by atoms with Gasteiger partial charge in [-0.3, -0.25) is 0 Å². The van der Waals surface area contributed by atoms with Gasteiger partial charge in [0.2, 0.25) is 0 Å². The summed E-state index contributed by atoms with van der Waals surface area (Å²) in [7, 11) is 0. The molecule has 0 aliphatic rings. The molecule has 0 spiro atoms. The Morgan fingerprint density at radius 2 is 2.33 bits per heavy atom. The zero-order chi connectivity index (χ0) is 9.19. The van der Waals surface area contributed by atoms with Gasteiger partial charge in [0.05, 0.1) is 12.0 Å². The second-order valence-corrected chi connectivity index (χ2v) is 3.61. The highest BCUT2D eigenvalue weighted by Gasteiger charge is 2.18. The average molecular weight is 166 g/mol. The number of nitrogens with zero attached hydrogens (tertiary/aromatic N) is 2. The summed E-state index contributed by atoms with van der Waals surface area (Å²) in [6.07, 6.45) is 5.17. The van der Waals surface area contributed by atoms with Gasteiger partial charge in [-0.1, -0.05) is 0 Å². The SMILES string of the molecule is Cc1cn(C(C)(C)CC=O)cn1. The summed E-state index contributed by atoms with van der Waals surface area (Å²) in [6, 6.07) is 0. The Morgan fingerprint density at radius 1 is 1.67 bits per heavy atom. The van der Waals surface area contributed by atoms with Gasteiger partial charge < -0.3 is 9.36 Å². The molecule has 0 atom stereocenters. The molecule has 12 heavy (non-hydrogen) atoms. The zero-order valence-electron chi connectivity index (χ0n) is 7.74. The van der Waals surface area contributed by atoms with E-state index < -0.39 is 0 Å². The van der Waals surface area contributed by atoms with Crippen LogP contribution in [0.1, 0.15) is 26.0 Å². The van der Waals surface area contributed by atoms with E-state index in [1.807, 2.05) is 31.5 Å². The topological polar surface area (TPSA) is 34.9 Å². The Hall–Kier alpha value is -1.12. The number of carbonyl (C=O) groups is 1. The lowest BCUT2D eigenvalue weighted by molar-refractivity contribution is -0.109. The number of aryl methyl sites for hydroxylation is 1. The summed E-state index contributed by atoms with van der Waals surface area (Å²) in [6.45, 7) is 5.97. The van der Waals surface area contributed by atoms with Gasteiger partial charge in [0.25, 0.3) is 0 Å². The van der Waals surface area contributed by atoms with E-state index in [2.05, 4.69) is 4.98 Å². The molecule has 0 bridgehead atoms. The number of imidazole rings is 1. The van der Waals surface area contributed by atoms with E-state index in [0.717, 1.165) is 12.0 Å². The van der Waals surface area contributed by atoms with Crippen LogP contribution >= 0.6 is 0 Å². The third-order valence-electron chi connectivity index (χ3n) is 1.99. The van der Waals surface area contributed by atoms with Gasteiger partial charge in [0.15, 0.2) is 0 Å². The summed E-state index contributed by atoms with van der Waals surface area (Å²) in [5.74, 6) is 0. The molecule has 1 rings (SSSR count). The molecule has 3 heteroatoms. The quantitative estimate of drug-likeness (QED) is 0.638. The summed E-state index contributed by atoms with van der Waals surface area (Å²) >= 11 is 0. The van der Waals surface area contributed by atoms with E-state index in [1.54, 1.807) is 6.33 Å². The molecule has 0 saturated carbocycles. The van der Waals surface area contributed by atoms with Crippen molar-refractivity contribution in [1.82, 2.24) is 9.55 Å². The third-order valence-corrected chi connectivity index (χ3v) is 1.99. The number of rotatable bonds is 3. The molecule has 1 heterocycles. The van der Waals surface area contributed by atoms with Crippen LogP contribution in [0.25, 0.3) is 0 Å². The summed E-state index contributed by atoms with van der Waals surface area (Å²) in [4.78, 5) is 14.5. The average Bonchev–Trinajstić information content (AvgIpc) is 2.36. The molecule has 0 unspecified atom stereocenters. The maximum atomic E-state index is 10.4. The van der Waals surface area contributed by atoms with Crippen LogP contribution < -0.4 is 0 Å². The van der Waals surface area contributed by atoms with Gasteiger partial charge in [-0.05, 0) is 20.8 Å². The Kier molecular flexibility index (Phi) is 2.31. The summed E-state index contributed by atoms with van der Waals surface area (Å²) < 4.78 is 1.97. The molecule has 0 aliphatic carbocycles. The van der Waals surface area contributed by atoms with Crippen LogP contribution in [0.15, 0.2) is 12.5 Å². The van der Waals surface area contributed by atoms with Crippen LogP contribution in [0.3, 0.4) is 0 Å². The number of hydrogen-bond donors (Lipinski definition) is 0. The number of aromatic nitrogens is 2. The smallest absolute Gasteiger partial charge is 0.122 e. The fourth-order valence-corrected chi connectivity index (χ4v) is 1.06. The van der Waals surface area contributed by atoms with E-state index in [4.69, 9.17) is 0 Å². The van der Waals surface area contributed by atoms with Gasteiger partial charge in [0, 0.05) is 18.2 Å². The lowest BCUT2D eigenvalue weighted by atomic mass is 10.0. The van der Waals surface area contributed by atoms with Crippen molar-refractivity contribution in [3.8, 4) is 0 Å². The molecule has 0 amide bonds. The predicted octanol–water partition coefficient (Wildman–Crippen LogP) is 1.52. The number of hydrogen-bond acceptors (Lipinski definition) is 2. The maximum Gasteiger partial charge on any atom is 0.122 e. The summed E-state index contributed by atoms with van der Waals surface area (Å²) in [5, 5.41) is 0. The molecule has 3 nitrogen and oxygen atoms in total. The van der Waals surface area contributed by atoms with Gasteiger partial charge in [-0.25, -0.2) is 4.98 Å². The minimum atomic E-state index is -0.150. The molecule has 0 fully saturated rings. The van der Waals surface area contributed by atoms with Crippen molar-refractivity contribution < 1.29 is 4.79 Å². The van der Waals surface area contributed by atoms with E-state index >= 15 is 0 Å². The van der Waals surface area contributed by atoms with E-state index in [-0.39, 0.29) is 5.54 Å². The highest BCUT2D eigenvalue weighted by molar-refractivity contribution is 5.51. The first-order valence-corrected chi connectivity index (χ1v) is 4.01. The molecule has 0 N–H and O–H groups in total. The monoisotopic (exact) mass is 166 g/mol. The molecule has 0 aliphatic heterocycles. The largest absolute Gasteiger partial charge is 0.331 e. The van der Waals surface area contributed by atoms with E-state index in [0.29, 0.717) is 6.42 Å². The standard InChI is InChI=1S/C9H14N2O/c1-8-6-11(7-10-8)9(2,3)4-5-12/h5-7H,4H2,1-3H3. The van der Waals surface area contributed by atoms with Crippen molar-refractivity contribution in [1.29, 1.82) is 0 Å². The zero-order valence-corrected chi connectivity index (χ0v) is 7.74. The van der Waals surface area contributed by atoms with Crippen molar-refractivity contribution in [3.05, 3.63) is 18.2 Å². The van der Waals surface area contributed by atoms with Crippen LogP contribution in [-0.2, 0) is 10.3 Å². The van der Waals surface area contributed by atoms with Gasteiger partial charge in [-0.15, -0.1) is 0 Å². The lowest BCUT2D eigenvalue weighted by Crippen LogP contribution is -2.25. The van der Waals surface area contributed by atoms with Crippen molar-refractivity contribution >= 4 is 6.29 Å². The second kappa shape index (κ2) is 3.09. The van der Waals surface area contributed by atoms with Crippen molar-refractivity contribution in [2.45, 2.75) is 32.7 Å². The Bertz CT molecular complexity index is 276. The van der Waals surface area contributed by atoms with Crippen molar-refractivity contribution in [2.24, 2.45) is 0 Å². The van der Waals surface area contributed by atoms with Crippen LogP contribution in [0.4, 0.5) is 0 Å². The first-order chi connectivity index (χ1) is 5.56. The Labute approximate surface area is 72.4 Å². The van der Waals surface area contributed by atoms with Crippen LogP contribution in [-0.4, -0.2) is 15.8 Å². The number of aldehydes is 1. The minimum Gasteiger partial charge on any atom is -0.331 e. The molecular formula is C9H14N2O. The Morgan fingerprint density at radius 3 is 2.75 bits per heavy atom. The van der Waals surface area contributed by atoms with Gasteiger partial charge in [0.1, 0.15) is 6.29 Å². The Balaban J connectivity index is 2.88.